The second-order valence-electron chi connectivity index (χ2n) is 3.38. The lowest BCUT2D eigenvalue weighted by Crippen LogP contribution is -2.37. The molecule has 0 fully saturated rings. The predicted molar refractivity (Wildman–Crippen MR) is 51.9 cm³/mol. The monoisotopic (exact) mass is 169 g/mol. The number of rotatable bonds is 6. The fourth-order valence-electron chi connectivity index (χ4n) is 0.964. The maximum absolute atomic E-state index is 9.71. The van der Waals surface area contributed by atoms with Crippen molar-refractivity contribution in [1.82, 2.24) is 5.32 Å². The molecule has 2 N–H and O–H groups in total. The van der Waals surface area contributed by atoms with E-state index in [0.717, 1.165) is 13.0 Å². The summed E-state index contributed by atoms with van der Waals surface area (Å²) in [5.41, 5.74) is -0.651. The Morgan fingerprint density at radius 2 is 2.25 bits per heavy atom. The summed E-state index contributed by atoms with van der Waals surface area (Å²) in [5, 5.41) is 12.9. The fraction of sp³-hybridized carbons (Fsp3) is 0.800. The van der Waals surface area contributed by atoms with Crippen molar-refractivity contribution < 1.29 is 5.11 Å². The van der Waals surface area contributed by atoms with E-state index in [1.54, 1.807) is 0 Å². The van der Waals surface area contributed by atoms with E-state index in [1.807, 2.05) is 6.92 Å². The summed E-state index contributed by atoms with van der Waals surface area (Å²) in [7, 11) is 0. The first-order chi connectivity index (χ1) is 5.62. The van der Waals surface area contributed by atoms with E-state index in [2.05, 4.69) is 18.2 Å². The first kappa shape index (κ1) is 11.5. The third-order valence-electron chi connectivity index (χ3n) is 1.74. The smallest absolute Gasteiger partial charge is 0.0752 e. The summed E-state index contributed by atoms with van der Waals surface area (Å²) in [6.07, 6.45) is 7.50. The molecule has 2 heteroatoms. The van der Waals surface area contributed by atoms with E-state index >= 15 is 0 Å². The van der Waals surface area contributed by atoms with Gasteiger partial charge in [0, 0.05) is 13.0 Å². The Kier molecular flexibility index (Phi) is 5.79. The molecular formula is C10H19NO. The zero-order valence-corrected chi connectivity index (χ0v) is 8.06. The maximum atomic E-state index is 9.71. The lowest BCUT2D eigenvalue weighted by molar-refractivity contribution is 0.0526. The SMILES string of the molecule is C#CCCC(C)(O)CNCCC. The molecule has 0 aromatic rings. The minimum atomic E-state index is -0.651. The second-order valence-corrected chi connectivity index (χ2v) is 3.38. The Morgan fingerprint density at radius 1 is 1.58 bits per heavy atom. The first-order valence-corrected chi connectivity index (χ1v) is 4.49. The van der Waals surface area contributed by atoms with E-state index in [0.29, 0.717) is 19.4 Å². The molecule has 0 aromatic carbocycles. The van der Waals surface area contributed by atoms with Crippen LogP contribution in [0, 0.1) is 12.3 Å². The fourth-order valence-corrected chi connectivity index (χ4v) is 0.964. The average molecular weight is 169 g/mol. The van der Waals surface area contributed by atoms with Crippen molar-refractivity contribution in [2.75, 3.05) is 13.1 Å². The van der Waals surface area contributed by atoms with Crippen molar-refractivity contribution in [3.8, 4) is 12.3 Å². The van der Waals surface area contributed by atoms with E-state index in [9.17, 15) is 5.11 Å². The molecule has 0 aliphatic carbocycles. The van der Waals surface area contributed by atoms with E-state index < -0.39 is 5.60 Å². The number of hydrogen-bond donors (Lipinski definition) is 2. The molecule has 0 saturated heterocycles. The molecule has 0 amide bonds. The van der Waals surface area contributed by atoms with Gasteiger partial charge in [-0.2, -0.15) is 0 Å². The normalized spacial score (nSPS) is 15.2. The molecule has 0 spiro atoms. The van der Waals surface area contributed by atoms with Crippen molar-refractivity contribution >= 4 is 0 Å². The molecule has 0 aliphatic rings. The molecule has 0 heterocycles. The molecule has 1 unspecified atom stereocenters. The zero-order valence-electron chi connectivity index (χ0n) is 8.06. The molecule has 0 saturated carbocycles. The molecule has 0 aliphatic heterocycles. The predicted octanol–water partition coefficient (Wildman–Crippen LogP) is 1.15. The highest BCUT2D eigenvalue weighted by molar-refractivity contribution is 4.88. The van der Waals surface area contributed by atoms with Crippen LogP contribution in [0.2, 0.25) is 0 Å². The standard InChI is InChI=1S/C10H19NO/c1-4-6-7-10(3,12)9-11-8-5-2/h1,11-12H,5-9H2,2-3H3. The van der Waals surface area contributed by atoms with Gasteiger partial charge in [0.15, 0.2) is 0 Å². The van der Waals surface area contributed by atoms with Crippen LogP contribution in [0.25, 0.3) is 0 Å². The highest BCUT2D eigenvalue weighted by Gasteiger charge is 2.17. The van der Waals surface area contributed by atoms with Crippen molar-refractivity contribution in [3.05, 3.63) is 0 Å². The van der Waals surface area contributed by atoms with Crippen LogP contribution in [0.1, 0.15) is 33.1 Å². The van der Waals surface area contributed by atoms with Gasteiger partial charge < -0.3 is 10.4 Å². The van der Waals surface area contributed by atoms with Crippen molar-refractivity contribution in [1.29, 1.82) is 0 Å². The third-order valence-corrected chi connectivity index (χ3v) is 1.74. The van der Waals surface area contributed by atoms with Crippen LogP contribution in [0.5, 0.6) is 0 Å². The van der Waals surface area contributed by atoms with Crippen LogP contribution in [-0.4, -0.2) is 23.8 Å². The Balaban J connectivity index is 3.50. The third kappa shape index (κ3) is 6.21. The highest BCUT2D eigenvalue weighted by atomic mass is 16.3. The van der Waals surface area contributed by atoms with E-state index in [1.165, 1.54) is 0 Å². The van der Waals surface area contributed by atoms with Gasteiger partial charge in [-0.15, -0.1) is 12.3 Å². The van der Waals surface area contributed by atoms with Gasteiger partial charge in [-0.3, -0.25) is 0 Å². The molecule has 0 aromatic heterocycles. The Morgan fingerprint density at radius 3 is 2.75 bits per heavy atom. The van der Waals surface area contributed by atoms with Crippen LogP contribution in [0.4, 0.5) is 0 Å². The minimum absolute atomic E-state index is 0.628. The van der Waals surface area contributed by atoms with E-state index in [-0.39, 0.29) is 0 Å². The summed E-state index contributed by atoms with van der Waals surface area (Å²) in [5.74, 6) is 2.53. The molecule has 1 atom stereocenters. The summed E-state index contributed by atoms with van der Waals surface area (Å²) in [6, 6.07) is 0. The number of aliphatic hydroxyl groups is 1. The Bertz CT molecular complexity index is 146. The van der Waals surface area contributed by atoms with Crippen LogP contribution < -0.4 is 5.32 Å². The van der Waals surface area contributed by atoms with Crippen LogP contribution in [0.3, 0.4) is 0 Å². The first-order valence-electron chi connectivity index (χ1n) is 4.49. The van der Waals surface area contributed by atoms with Crippen LogP contribution in [0.15, 0.2) is 0 Å². The maximum Gasteiger partial charge on any atom is 0.0752 e. The van der Waals surface area contributed by atoms with Gasteiger partial charge >= 0.3 is 0 Å². The number of hydrogen-bond acceptors (Lipinski definition) is 2. The summed E-state index contributed by atoms with van der Waals surface area (Å²) >= 11 is 0. The summed E-state index contributed by atoms with van der Waals surface area (Å²) < 4.78 is 0. The van der Waals surface area contributed by atoms with Crippen molar-refractivity contribution in [2.24, 2.45) is 0 Å². The average Bonchev–Trinajstić information content (AvgIpc) is 2.01. The largest absolute Gasteiger partial charge is 0.389 e. The molecular weight excluding hydrogens is 150 g/mol. The molecule has 12 heavy (non-hydrogen) atoms. The van der Waals surface area contributed by atoms with Crippen molar-refractivity contribution in [2.45, 2.75) is 38.7 Å². The molecule has 70 valence electrons. The van der Waals surface area contributed by atoms with E-state index in [4.69, 9.17) is 6.42 Å². The van der Waals surface area contributed by atoms with Gasteiger partial charge in [0.25, 0.3) is 0 Å². The topological polar surface area (TPSA) is 32.3 Å². The molecule has 0 radical (unpaired) electrons. The molecule has 0 rings (SSSR count). The lowest BCUT2D eigenvalue weighted by atomic mass is 10.0. The highest BCUT2D eigenvalue weighted by Crippen LogP contribution is 2.09. The van der Waals surface area contributed by atoms with Gasteiger partial charge in [-0.05, 0) is 26.3 Å². The van der Waals surface area contributed by atoms with Gasteiger partial charge in [0.05, 0.1) is 5.60 Å². The van der Waals surface area contributed by atoms with Crippen LogP contribution in [-0.2, 0) is 0 Å². The quantitative estimate of drug-likeness (QED) is 0.462. The number of nitrogens with one attached hydrogen (secondary N) is 1. The summed E-state index contributed by atoms with van der Waals surface area (Å²) in [4.78, 5) is 0. The van der Waals surface area contributed by atoms with Gasteiger partial charge in [0.2, 0.25) is 0 Å². The number of terminal acetylenes is 1. The van der Waals surface area contributed by atoms with Crippen LogP contribution >= 0.6 is 0 Å². The Labute approximate surface area is 75.4 Å². The second kappa shape index (κ2) is 6.05. The zero-order chi connectivity index (χ0) is 9.45. The van der Waals surface area contributed by atoms with Gasteiger partial charge in [-0.25, -0.2) is 0 Å². The Hall–Kier alpha value is -0.520. The lowest BCUT2D eigenvalue weighted by Gasteiger charge is -2.22. The molecule has 0 bridgehead atoms. The van der Waals surface area contributed by atoms with Gasteiger partial charge in [0.1, 0.15) is 0 Å². The minimum Gasteiger partial charge on any atom is -0.389 e. The summed E-state index contributed by atoms with van der Waals surface area (Å²) in [6.45, 7) is 5.49. The van der Waals surface area contributed by atoms with Crippen molar-refractivity contribution in [3.63, 3.8) is 0 Å². The van der Waals surface area contributed by atoms with Gasteiger partial charge in [-0.1, -0.05) is 6.92 Å². The molecule has 2 nitrogen and oxygen atoms in total.